The molecule has 2 unspecified atom stereocenters. The van der Waals surface area contributed by atoms with Gasteiger partial charge in [-0.1, -0.05) is 6.92 Å². The van der Waals surface area contributed by atoms with Crippen LogP contribution in [0.3, 0.4) is 0 Å². The summed E-state index contributed by atoms with van der Waals surface area (Å²) in [5.41, 5.74) is -1.85. The number of likely N-dealkylation sites (tertiary alicyclic amines) is 1. The highest BCUT2D eigenvalue weighted by Gasteiger charge is 2.41. The molecule has 1 saturated heterocycles. The Hall–Kier alpha value is -1.28. The molecule has 0 aliphatic carbocycles. The Balaban J connectivity index is 2.62. The average Bonchev–Trinajstić information content (AvgIpc) is 2.19. The van der Waals surface area contributed by atoms with Crippen molar-refractivity contribution < 1.29 is 14.6 Å². The molecule has 1 amide bonds. The maximum atomic E-state index is 11.8. The van der Waals surface area contributed by atoms with Crippen molar-refractivity contribution in [3.8, 4) is 6.07 Å². The Labute approximate surface area is 102 Å². The van der Waals surface area contributed by atoms with E-state index in [-0.39, 0.29) is 18.4 Å². The third-order valence-corrected chi connectivity index (χ3v) is 2.92. The maximum absolute atomic E-state index is 11.8. The number of ether oxygens (including phenoxy) is 1. The zero-order valence-electron chi connectivity index (χ0n) is 10.9. The van der Waals surface area contributed by atoms with Crippen molar-refractivity contribution in [3.05, 3.63) is 0 Å². The van der Waals surface area contributed by atoms with Crippen molar-refractivity contribution in [2.45, 2.75) is 45.3 Å². The van der Waals surface area contributed by atoms with Gasteiger partial charge in [0.05, 0.1) is 6.07 Å². The van der Waals surface area contributed by atoms with Gasteiger partial charge in [0.2, 0.25) is 0 Å². The van der Waals surface area contributed by atoms with Gasteiger partial charge in [-0.2, -0.15) is 5.26 Å². The van der Waals surface area contributed by atoms with Gasteiger partial charge in [-0.15, -0.1) is 0 Å². The Morgan fingerprint density at radius 3 is 2.59 bits per heavy atom. The zero-order chi connectivity index (χ0) is 13.3. The lowest BCUT2D eigenvalue weighted by atomic mass is 9.83. The van der Waals surface area contributed by atoms with E-state index in [1.165, 1.54) is 0 Å². The summed E-state index contributed by atoms with van der Waals surface area (Å²) in [6.07, 6.45) is -0.117. The van der Waals surface area contributed by atoms with Gasteiger partial charge in [-0.25, -0.2) is 4.79 Å². The van der Waals surface area contributed by atoms with Crippen LogP contribution in [0, 0.1) is 17.2 Å². The first kappa shape index (κ1) is 13.8. The molecular formula is C12H20N2O3. The molecule has 1 aliphatic rings. The van der Waals surface area contributed by atoms with Crippen LogP contribution in [-0.4, -0.2) is 40.4 Å². The number of aliphatic hydroxyl groups is 1. The predicted octanol–water partition coefficient (Wildman–Crippen LogP) is 1.52. The Kier molecular flexibility index (Phi) is 3.68. The van der Waals surface area contributed by atoms with Gasteiger partial charge in [0, 0.05) is 25.4 Å². The number of rotatable bonds is 0. The van der Waals surface area contributed by atoms with E-state index in [0.29, 0.717) is 13.1 Å². The summed E-state index contributed by atoms with van der Waals surface area (Å²) < 4.78 is 5.25. The van der Waals surface area contributed by atoms with Gasteiger partial charge in [0.1, 0.15) is 5.60 Å². The summed E-state index contributed by atoms with van der Waals surface area (Å²) in [4.78, 5) is 13.3. The first-order valence-electron chi connectivity index (χ1n) is 5.79. The molecule has 0 saturated carbocycles. The number of hydrogen-bond acceptors (Lipinski definition) is 4. The highest BCUT2D eigenvalue weighted by Crippen LogP contribution is 2.27. The van der Waals surface area contributed by atoms with Gasteiger partial charge in [-0.05, 0) is 20.8 Å². The number of hydrogen-bond donors (Lipinski definition) is 1. The Bertz CT molecular complexity index is 343. The number of carbonyl (C=O) groups excluding carboxylic acids is 1. The van der Waals surface area contributed by atoms with E-state index in [4.69, 9.17) is 10.00 Å². The fourth-order valence-corrected chi connectivity index (χ4v) is 1.78. The fourth-order valence-electron chi connectivity index (χ4n) is 1.78. The topological polar surface area (TPSA) is 73.6 Å². The fraction of sp³-hybridized carbons (Fsp3) is 0.833. The number of amides is 1. The molecule has 1 heterocycles. The van der Waals surface area contributed by atoms with Crippen molar-refractivity contribution in [1.82, 2.24) is 4.90 Å². The second kappa shape index (κ2) is 4.53. The summed E-state index contributed by atoms with van der Waals surface area (Å²) in [5.74, 6) is -0.270. The summed E-state index contributed by atoms with van der Waals surface area (Å²) in [5, 5.41) is 18.8. The molecule has 5 nitrogen and oxygen atoms in total. The van der Waals surface area contributed by atoms with Crippen LogP contribution in [0.1, 0.15) is 34.1 Å². The van der Waals surface area contributed by atoms with Crippen LogP contribution in [0.2, 0.25) is 0 Å². The van der Waals surface area contributed by atoms with E-state index in [1.807, 2.05) is 26.8 Å². The highest BCUT2D eigenvalue weighted by atomic mass is 16.6. The molecule has 0 aromatic carbocycles. The van der Waals surface area contributed by atoms with Crippen LogP contribution < -0.4 is 0 Å². The molecule has 2 atom stereocenters. The average molecular weight is 240 g/mol. The molecule has 17 heavy (non-hydrogen) atoms. The zero-order valence-corrected chi connectivity index (χ0v) is 10.9. The van der Waals surface area contributed by atoms with Crippen molar-refractivity contribution in [1.29, 1.82) is 5.26 Å². The molecule has 0 aromatic heterocycles. The molecule has 5 heteroatoms. The van der Waals surface area contributed by atoms with E-state index in [9.17, 15) is 9.90 Å². The monoisotopic (exact) mass is 240 g/mol. The Morgan fingerprint density at radius 1 is 1.59 bits per heavy atom. The van der Waals surface area contributed by atoms with Crippen molar-refractivity contribution in [2.24, 2.45) is 5.92 Å². The highest BCUT2D eigenvalue weighted by molar-refractivity contribution is 5.68. The van der Waals surface area contributed by atoms with Gasteiger partial charge in [0.15, 0.2) is 5.60 Å². The molecule has 1 aliphatic heterocycles. The Morgan fingerprint density at radius 2 is 2.18 bits per heavy atom. The molecule has 0 radical (unpaired) electrons. The van der Waals surface area contributed by atoms with E-state index >= 15 is 0 Å². The molecule has 0 bridgehead atoms. The normalized spacial score (nSPS) is 29.6. The number of carbonyl (C=O) groups is 1. The summed E-state index contributed by atoms with van der Waals surface area (Å²) in [6.45, 7) is 7.89. The summed E-state index contributed by atoms with van der Waals surface area (Å²) in [7, 11) is 0. The maximum Gasteiger partial charge on any atom is 0.410 e. The molecule has 0 spiro atoms. The van der Waals surface area contributed by atoms with Crippen LogP contribution in [0.15, 0.2) is 0 Å². The lowest BCUT2D eigenvalue weighted by molar-refractivity contribution is -0.0338. The van der Waals surface area contributed by atoms with E-state index in [1.54, 1.807) is 11.8 Å². The summed E-state index contributed by atoms with van der Waals surface area (Å²) in [6, 6.07) is 1.91. The minimum atomic E-state index is -1.32. The predicted molar refractivity (Wildman–Crippen MR) is 62.2 cm³/mol. The van der Waals surface area contributed by atoms with Gasteiger partial charge in [0.25, 0.3) is 0 Å². The van der Waals surface area contributed by atoms with E-state index < -0.39 is 11.2 Å². The molecule has 1 rings (SSSR count). The van der Waals surface area contributed by atoms with E-state index in [2.05, 4.69) is 0 Å². The van der Waals surface area contributed by atoms with Crippen molar-refractivity contribution in [3.63, 3.8) is 0 Å². The third-order valence-electron chi connectivity index (χ3n) is 2.92. The molecular weight excluding hydrogens is 220 g/mol. The van der Waals surface area contributed by atoms with Crippen LogP contribution in [0.5, 0.6) is 0 Å². The van der Waals surface area contributed by atoms with E-state index in [0.717, 1.165) is 0 Å². The van der Waals surface area contributed by atoms with Crippen LogP contribution >= 0.6 is 0 Å². The molecule has 0 aromatic rings. The number of nitriles is 1. The SMILES string of the molecule is CC1CN(C(=O)OC(C)(C)C)CCC1(O)C#N. The lowest BCUT2D eigenvalue weighted by Gasteiger charge is -2.39. The first-order chi connectivity index (χ1) is 7.68. The van der Waals surface area contributed by atoms with Crippen LogP contribution in [0.25, 0.3) is 0 Å². The number of nitrogens with zero attached hydrogens (tertiary/aromatic N) is 2. The molecule has 1 fully saturated rings. The largest absolute Gasteiger partial charge is 0.444 e. The van der Waals surface area contributed by atoms with Gasteiger partial charge < -0.3 is 14.7 Å². The molecule has 1 N–H and O–H groups in total. The van der Waals surface area contributed by atoms with Crippen molar-refractivity contribution >= 4 is 6.09 Å². The lowest BCUT2D eigenvalue weighted by Crippen LogP contribution is -2.52. The van der Waals surface area contributed by atoms with Gasteiger partial charge in [-0.3, -0.25) is 0 Å². The standard InChI is InChI=1S/C12H20N2O3/c1-9-7-14(6-5-12(9,16)8-13)10(15)17-11(2,3)4/h9,16H,5-7H2,1-4H3. The van der Waals surface area contributed by atoms with Gasteiger partial charge >= 0.3 is 6.09 Å². The smallest absolute Gasteiger partial charge is 0.410 e. The first-order valence-corrected chi connectivity index (χ1v) is 5.79. The third kappa shape index (κ3) is 3.34. The molecule has 96 valence electrons. The van der Waals surface area contributed by atoms with Crippen LogP contribution in [0.4, 0.5) is 4.79 Å². The van der Waals surface area contributed by atoms with Crippen LogP contribution in [-0.2, 0) is 4.74 Å². The number of piperidine rings is 1. The minimum Gasteiger partial charge on any atom is -0.444 e. The van der Waals surface area contributed by atoms with Crippen molar-refractivity contribution in [2.75, 3.05) is 13.1 Å². The minimum absolute atomic E-state index is 0.268. The summed E-state index contributed by atoms with van der Waals surface area (Å²) >= 11 is 0. The quantitative estimate of drug-likeness (QED) is 0.651. The second-order valence-electron chi connectivity index (χ2n) is 5.61. The second-order valence-corrected chi connectivity index (χ2v) is 5.61.